The largest absolute Gasteiger partial charge is 0.342 e. The van der Waals surface area contributed by atoms with Crippen molar-refractivity contribution in [3.05, 3.63) is 12.2 Å². The van der Waals surface area contributed by atoms with E-state index in [1.807, 2.05) is 19.1 Å². The van der Waals surface area contributed by atoms with Gasteiger partial charge in [0.2, 0.25) is 0 Å². The van der Waals surface area contributed by atoms with Crippen LogP contribution in [0.3, 0.4) is 0 Å². The Morgan fingerprint density at radius 3 is 2.58 bits per heavy atom. The molecule has 1 aliphatic rings. The number of ether oxygens (including phenoxy) is 2. The van der Waals surface area contributed by atoms with Gasteiger partial charge in [-0.3, -0.25) is 0 Å². The zero-order valence-corrected chi connectivity index (χ0v) is 7.40. The molecule has 1 heterocycles. The first-order valence-electron chi connectivity index (χ1n) is 4.20. The molecule has 1 rings (SSSR count). The van der Waals surface area contributed by atoms with Crippen molar-refractivity contribution in [3.8, 4) is 0 Å². The molecule has 0 aromatic heterocycles. The van der Waals surface area contributed by atoms with Crippen molar-refractivity contribution < 1.29 is 14.3 Å². The zero-order chi connectivity index (χ0) is 8.97. The van der Waals surface area contributed by atoms with E-state index in [0.717, 1.165) is 12.7 Å². The van der Waals surface area contributed by atoms with Gasteiger partial charge in [0, 0.05) is 0 Å². The van der Waals surface area contributed by atoms with Crippen molar-refractivity contribution in [2.75, 3.05) is 0 Å². The predicted molar refractivity (Wildman–Crippen MR) is 44.7 cm³/mol. The van der Waals surface area contributed by atoms with E-state index in [9.17, 15) is 4.79 Å². The van der Waals surface area contributed by atoms with Crippen LogP contribution in [0.15, 0.2) is 12.2 Å². The molecule has 3 nitrogen and oxygen atoms in total. The summed E-state index contributed by atoms with van der Waals surface area (Å²) in [6.07, 6.45) is 4.69. The fraction of sp³-hybridized carbons (Fsp3) is 0.667. The number of hydrogen-bond acceptors (Lipinski definition) is 3. The Morgan fingerprint density at radius 2 is 2.00 bits per heavy atom. The van der Waals surface area contributed by atoms with Gasteiger partial charge in [-0.15, -0.1) is 0 Å². The third-order valence-corrected chi connectivity index (χ3v) is 1.72. The van der Waals surface area contributed by atoms with Gasteiger partial charge in [0.1, 0.15) is 12.2 Å². The highest BCUT2D eigenvalue weighted by molar-refractivity contribution is 5.58. The van der Waals surface area contributed by atoms with Gasteiger partial charge >= 0.3 is 0 Å². The molecule has 0 aromatic carbocycles. The van der Waals surface area contributed by atoms with Crippen molar-refractivity contribution in [1.82, 2.24) is 0 Å². The third kappa shape index (κ3) is 2.16. The van der Waals surface area contributed by atoms with Crippen molar-refractivity contribution in [3.63, 3.8) is 0 Å². The van der Waals surface area contributed by atoms with Crippen LogP contribution in [0.25, 0.3) is 0 Å². The van der Waals surface area contributed by atoms with Crippen LogP contribution >= 0.6 is 0 Å². The maximum absolute atomic E-state index is 10.5. The maximum atomic E-state index is 10.5. The van der Waals surface area contributed by atoms with Crippen molar-refractivity contribution in [2.24, 2.45) is 0 Å². The molecule has 1 fully saturated rings. The summed E-state index contributed by atoms with van der Waals surface area (Å²) in [5, 5.41) is 0. The lowest BCUT2D eigenvalue weighted by Crippen LogP contribution is -2.21. The molecule has 0 bridgehead atoms. The molecule has 0 N–H and O–H groups in total. The van der Waals surface area contributed by atoms with E-state index in [2.05, 4.69) is 0 Å². The van der Waals surface area contributed by atoms with E-state index in [1.54, 1.807) is 6.92 Å². The molecule has 1 unspecified atom stereocenters. The van der Waals surface area contributed by atoms with Gasteiger partial charge in [0.05, 0.1) is 0 Å². The van der Waals surface area contributed by atoms with Gasteiger partial charge < -0.3 is 14.3 Å². The average molecular weight is 170 g/mol. The summed E-state index contributed by atoms with van der Waals surface area (Å²) < 4.78 is 10.5. The molecule has 1 aliphatic heterocycles. The normalized spacial score (nSPS) is 36.0. The molecule has 0 spiro atoms. The summed E-state index contributed by atoms with van der Waals surface area (Å²) in [5.74, 6) is 0. The Balaban J connectivity index is 2.51. The monoisotopic (exact) mass is 170 g/mol. The molecule has 1 saturated heterocycles. The standard InChI is InChI=1S/C9H14O3/c1-3-4-5-8-9(6-10)12-7(2)11-8/h4-9H,3H2,1-2H3/b5-4-/t7?,8-,9+/m0/s1. The maximum Gasteiger partial charge on any atom is 0.156 e. The number of carbonyl (C=O) groups is 1. The van der Waals surface area contributed by atoms with E-state index in [4.69, 9.17) is 9.47 Å². The molecular weight excluding hydrogens is 156 g/mol. The molecule has 3 heteroatoms. The average Bonchev–Trinajstić information content (AvgIpc) is 2.42. The molecule has 0 amide bonds. The van der Waals surface area contributed by atoms with Gasteiger partial charge in [-0.2, -0.15) is 0 Å². The minimum atomic E-state index is -0.428. The molecular formula is C9H14O3. The molecule has 12 heavy (non-hydrogen) atoms. The van der Waals surface area contributed by atoms with Crippen LogP contribution in [0.2, 0.25) is 0 Å². The van der Waals surface area contributed by atoms with Crippen molar-refractivity contribution in [2.45, 2.75) is 38.8 Å². The van der Waals surface area contributed by atoms with Gasteiger partial charge in [-0.1, -0.05) is 19.1 Å². The fourth-order valence-corrected chi connectivity index (χ4v) is 1.16. The van der Waals surface area contributed by atoms with E-state index in [0.29, 0.717) is 0 Å². The summed E-state index contributed by atoms with van der Waals surface area (Å²) in [4.78, 5) is 10.5. The highest BCUT2D eigenvalue weighted by Gasteiger charge is 2.31. The molecule has 0 aromatic rings. The second-order valence-electron chi connectivity index (χ2n) is 2.74. The minimum absolute atomic E-state index is 0.197. The van der Waals surface area contributed by atoms with E-state index >= 15 is 0 Å². The SMILES string of the molecule is CC/C=C\[C@@H]1OC(C)O[C@@H]1C=O. The quantitative estimate of drug-likeness (QED) is 0.473. The van der Waals surface area contributed by atoms with Gasteiger partial charge in [-0.05, 0) is 13.3 Å². The lowest BCUT2D eigenvalue weighted by atomic mass is 10.2. The Hall–Kier alpha value is -0.670. The van der Waals surface area contributed by atoms with E-state index in [-0.39, 0.29) is 12.4 Å². The minimum Gasteiger partial charge on any atom is -0.342 e. The summed E-state index contributed by atoms with van der Waals surface area (Å²) in [7, 11) is 0. The number of carbonyl (C=O) groups excluding carboxylic acids is 1. The second-order valence-corrected chi connectivity index (χ2v) is 2.74. The first kappa shape index (κ1) is 9.42. The molecule has 0 saturated carbocycles. The highest BCUT2D eigenvalue weighted by atomic mass is 16.7. The van der Waals surface area contributed by atoms with Gasteiger partial charge in [0.25, 0.3) is 0 Å². The van der Waals surface area contributed by atoms with Crippen LogP contribution in [-0.2, 0) is 14.3 Å². The zero-order valence-electron chi connectivity index (χ0n) is 7.40. The topological polar surface area (TPSA) is 35.5 Å². The second kappa shape index (κ2) is 4.38. The van der Waals surface area contributed by atoms with Gasteiger partial charge in [-0.25, -0.2) is 0 Å². The summed E-state index contributed by atoms with van der Waals surface area (Å²) in [6, 6.07) is 0. The van der Waals surface area contributed by atoms with Crippen molar-refractivity contribution in [1.29, 1.82) is 0 Å². The molecule has 0 aliphatic carbocycles. The van der Waals surface area contributed by atoms with Crippen LogP contribution in [0.5, 0.6) is 0 Å². The fourth-order valence-electron chi connectivity index (χ4n) is 1.16. The lowest BCUT2D eigenvalue weighted by molar-refractivity contribution is -0.118. The number of hydrogen-bond donors (Lipinski definition) is 0. The highest BCUT2D eigenvalue weighted by Crippen LogP contribution is 2.18. The first-order valence-corrected chi connectivity index (χ1v) is 4.20. The number of allylic oxidation sites excluding steroid dienone is 1. The molecule has 3 atom stereocenters. The van der Waals surface area contributed by atoms with Crippen LogP contribution in [0, 0.1) is 0 Å². The van der Waals surface area contributed by atoms with Crippen LogP contribution < -0.4 is 0 Å². The Kier molecular flexibility index (Phi) is 3.44. The Bertz CT molecular complexity index is 177. The van der Waals surface area contributed by atoms with Crippen LogP contribution in [0.1, 0.15) is 20.3 Å². The molecule has 68 valence electrons. The van der Waals surface area contributed by atoms with Crippen LogP contribution in [0.4, 0.5) is 0 Å². The van der Waals surface area contributed by atoms with E-state index < -0.39 is 6.10 Å². The smallest absolute Gasteiger partial charge is 0.156 e. The van der Waals surface area contributed by atoms with E-state index in [1.165, 1.54) is 0 Å². The first-order chi connectivity index (χ1) is 5.77. The number of aldehydes is 1. The lowest BCUT2D eigenvalue weighted by Gasteiger charge is -2.04. The van der Waals surface area contributed by atoms with Gasteiger partial charge in [0.15, 0.2) is 12.6 Å². The van der Waals surface area contributed by atoms with Crippen LogP contribution in [-0.4, -0.2) is 24.8 Å². The Labute approximate surface area is 72.4 Å². The predicted octanol–water partition coefficient (Wildman–Crippen LogP) is 1.28. The summed E-state index contributed by atoms with van der Waals surface area (Å²) in [5.41, 5.74) is 0. The summed E-state index contributed by atoms with van der Waals surface area (Å²) >= 11 is 0. The Morgan fingerprint density at radius 1 is 1.33 bits per heavy atom. The van der Waals surface area contributed by atoms with Crippen molar-refractivity contribution >= 4 is 6.29 Å². The number of rotatable bonds is 3. The molecule has 0 radical (unpaired) electrons. The summed E-state index contributed by atoms with van der Waals surface area (Å²) in [6.45, 7) is 3.82. The third-order valence-electron chi connectivity index (χ3n) is 1.72.